The Balaban J connectivity index is 1.59. The number of hydrogen-bond donors (Lipinski definition) is 0. The first-order chi connectivity index (χ1) is 18.0. The molecular weight excluding hydrogens is 464 g/mol. The van der Waals surface area contributed by atoms with Gasteiger partial charge in [-0.25, -0.2) is 4.98 Å². The molecule has 0 aliphatic rings. The van der Waals surface area contributed by atoms with Crippen LogP contribution in [0.15, 0.2) is 59.0 Å². The van der Waals surface area contributed by atoms with Gasteiger partial charge in [-0.1, -0.05) is 57.0 Å². The number of aromatic nitrogens is 1. The summed E-state index contributed by atoms with van der Waals surface area (Å²) in [5.41, 5.74) is 2.98. The zero-order chi connectivity index (χ0) is 26.5. The summed E-state index contributed by atoms with van der Waals surface area (Å²) in [5.74, 6) is 2.13. The molecular formula is C31H42N2O4. The van der Waals surface area contributed by atoms with E-state index in [4.69, 9.17) is 13.9 Å². The summed E-state index contributed by atoms with van der Waals surface area (Å²) in [5, 5.41) is 0. The Morgan fingerprint density at radius 1 is 0.973 bits per heavy atom. The summed E-state index contributed by atoms with van der Waals surface area (Å²) >= 11 is 0. The van der Waals surface area contributed by atoms with Crippen LogP contribution in [0.3, 0.4) is 0 Å². The first-order valence-corrected chi connectivity index (χ1v) is 13.7. The van der Waals surface area contributed by atoms with E-state index < -0.39 is 0 Å². The molecule has 0 spiro atoms. The number of oxazole rings is 1. The van der Waals surface area contributed by atoms with Gasteiger partial charge in [0, 0.05) is 12.0 Å². The Labute approximate surface area is 222 Å². The second-order valence-corrected chi connectivity index (χ2v) is 9.35. The first kappa shape index (κ1) is 28.5. The molecule has 6 heteroatoms. The average molecular weight is 507 g/mol. The molecule has 0 saturated carbocycles. The maximum atomic E-state index is 12.9. The van der Waals surface area contributed by atoms with Crippen molar-refractivity contribution in [2.75, 3.05) is 26.3 Å². The molecule has 1 atom stereocenters. The van der Waals surface area contributed by atoms with Gasteiger partial charge in [0.25, 0.3) is 0 Å². The second kappa shape index (κ2) is 15.2. The van der Waals surface area contributed by atoms with Gasteiger partial charge in [-0.2, -0.15) is 0 Å². The van der Waals surface area contributed by atoms with Crippen LogP contribution in [0.1, 0.15) is 63.5 Å². The van der Waals surface area contributed by atoms with Gasteiger partial charge in [-0.15, -0.1) is 0 Å². The topological polar surface area (TPSA) is 64.8 Å². The number of esters is 1. The van der Waals surface area contributed by atoms with Gasteiger partial charge in [-0.3, -0.25) is 9.69 Å². The standard InChI is InChI=1S/C31H42N2O4/c1-5-8-20-33(21-9-6-2)29(31(34)35-7-3)23-25-15-17-27(18-16-25)36-22-19-28-24(4)37-30(32-28)26-13-11-10-12-14-26/h10-18,29H,5-9,19-23H2,1-4H3/t29-/m0/s1. The predicted molar refractivity (Wildman–Crippen MR) is 148 cm³/mol. The highest BCUT2D eigenvalue weighted by atomic mass is 16.5. The molecule has 0 aliphatic heterocycles. The fourth-order valence-corrected chi connectivity index (χ4v) is 4.32. The zero-order valence-electron chi connectivity index (χ0n) is 22.9. The van der Waals surface area contributed by atoms with Crippen molar-refractivity contribution >= 4 is 5.97 Å². The molecule has 3 aromatic rings. The minimum atomic E-state index is -0.265. The molecule has 2 aromatic carbocycles. The number of unbranched alkanes of at least 4 members (excludes halogenated alkanes) is 2. The third-order valence-corrected chi connectivity index (χ3v) is 6.47. The van der Waals surface area contributed by atoms with Gasteiger partial charge in [0.2, 0.25) is 5.89 Å². The van der Waals surface area contributed by atoms with Crippen LogP contribution in [0.25, 0.3) is 11.5 Å². The van der Waals surface area contributed by atoms with Crippen LogP contribution in [0.2, 0.25) is 0 Å². The van der Waals surface area contributed by atoms with Crippen LogP contribution in [-0.4, -0.2) is 48.2 Å². The average Bonchev–Trinajstić information content (AvgIpc) is 3.29. The van der Waals surface area contributed by atoms with E-state index in [1.807, 2.05) is 68.4 Å². The number of carbonyl (C=O) groups is 1. The molecule has 0 amide bonds. The van der Waals surface area contributed by atoms with E-state index in [0.717, 1.165) is 67.1 Å². The summed E-state index contributed by atoms with van der Waals surface area (Å²) in [4.78, 5) is 19.8. The van der Waals surface area contributed by atoms with Crippen molar-refractivity contribution in [1.82, 2.24) is 9.88 Å². The van der Waals surface area contributed by atoms with Crippen molar-refractivity contribution in [3.63, 3.8) is 0 Å². The Morgan fingerprint density at radius 3 is 2.27 bits per heavy atom. The fourth-order valence-electron chi connectivity index (χ4n) is 4.32. The molecule has 6 nitrogen and oxygen atoms in total. The van der Waals surface area contributed by atoms with E-state index in [1.54, 1.807) is 0 Å². The highest BCUT2D eigenvalue weighted by Gasteiger charge is 2.27. The molecule has 0 N–H and O–H groups in total. The second-order valence-electron chi connectivity index (χ2n) is 9.35. The molecule has 0 unspecified atom stereocenters. The normalized spacial score (nSPS) is 12.0. The van der Waals surface area contributed by atoms with Crippen LogP contribution in [0.4, 0.5) is 0 Å². The molecule has 3 rings (SSSR count). The van der Waals surface area contributed by atoms with Gasteiger partial charge < -0.3 is 13.9 Å². The van der Waals surface area contributed by atoms with Crippen LogP contribution in [-0.2, 0) is 22.4 Å². The van der Waals surface area contributed by atoms with Crippen LogP contribution >= 0.6 is 0 Å². The van der Waals surface area contributed by atoms with E-state index in [9.17, 15) is 4.79 Å². The third kappa shape index (κ3) is 8.74. The molecule has 0 radical (unpaired) electrons. The number of nitrogens with zero attached hydrogens (tertiary/aromatic N) is 2. The molecule has 0 bridgehead atoms. The van der Waals surface area contributed by atoms with E-state index >= 15 is 0 Å². The van der Waals surface area contributed by atoms with Gasteiger partial charge >= 0.3 is 5.97 Å². The molecule has 0 saturated heterocycles. The fraction of sp³-hybridized carbons (Fsp3) is 0.484. The van der Waals surface area contributed by atoms with Crippen LogP contribution < -0.4 is 4.74 Å². The smallest absolute Gasteiger partial charge is 0.323 e. The molecule has 1 aromatic heterocycles. The Bertz CT molecular complexity index is 1050. The van der Waals surface area contributed by atoms with E-state index in [0.29, 0.717) is 31.9 Å². The van der Waals surface area contributed by atoms with Gasteiger partial charge in [0.05, 0.1) is 18.9 Å². The first-order valence-electron chi connectivity index (χ1n) is 13.7. The van der Waals surface area contributed by atoms with Crippen molar-refractivity contribution in [2.45, 2.75) is 72.3 Å². The maximum absolute atomic E-state index is 12.9. The third-order valence-electron chi connectivity index (χ3n) is 6.47. The Kier molecular flexibility index (Phi) is 11.7. The molecule has 37 heavy (non-hydrogen) atoms. The number of ether oxygens (including phenoxy) is 2. The summed E-state index contributed by atoms with van der Waals surface area (Å²) < 4.78 is 17.3. The molecule has 0 aliphatic carbocycles. The van der Waals surface area contributed by atoms with E-state index in [1.165, 1.54) is 0 Å². The number of aryl methyl sites for hydroxylation is 1. The summed E-state index contributed by atoms with van der Waals surface area (Å²) in [6.07, 6.45) is 5.65. The Morgan fingerprint density at radius 2 is 1.65 bits per heavy atom. The number of carbonyl (C=O) groups excluding carboxylic acids is 1. The van der Waals surface area contributed by atoms with E-state index in [-0.39, 0.29) is 12.0 Å². The van der Waals surface area contributed by atoms with Crippen LogP contribution in [0.5, 0.6) is 5.75 Å². The zero-order valence-corrected chi connectivity index (χ0v) is 22.9. The lowest BCUT2D eigenvalue weighted by molar-refractivity contribution is -0.149. The monoisotopic (exact) mass is 506 g/mol. The van der Waals surface area contributed by atoms with Crippen molar-refractivity contribution in [2.24, 2.45) is 0 Å². The van der Waals surface area contributed by atoms with Crippen molar-refractivity contribution in [3.8, 4) is 17.2 Å². The summed E-state index contributed by atoms with van der Waals surface area (Å²) in [7, 11) is 0. The van der Waals surface area contributed by atoms with Crippen molar-refractivity contribution in [3.05, 3.63) is 71.6 Å². The number of rotatable bonds is 16. The highest BCUT2D eigenvalue weighted by Crippen LogP contribution is 2.22. The lowest BCUT2D eigenvalue weighted by atomic mass is 10.0. The van der Waals surface area contributed by atoms with Gasteiger partial charge in [-0.05, 0) is 76.0 Å². The SMILES string of the molecule is CCCCN(CCCC)[C@@H](Cc1ccc(OCCc2nc(-c3ccccc3)oc2C)cc1)C(=O)OCC. The Hall–Kier alpha value is -3.12. The predicted octanol–water partition coefficient (Wildman–Crippen LogP) is 6.65. The lowest BCUT2D eigenvalue weighted by Gasteiger charge is -2.30. The molecule has 200 valence electrons. The molecule has 1 heterocycles. The lowest BCUT2D eigenvalue weighted by Crippen LogP contribution is -2.44. The molecule has 0 fully saturated rings. The van der Waals surface area contributed by atoms with Crippen molar-refractivity contribution < 1.29 is 18.7 Å². The van der Waals surface area contributed by atoms with Crippen LogP contribution in [0, 0.1) is 6.92 Å². The number of hydrogen-bond acceptors (Lipinski definition) is 6. The summed E-state index contributed by atoms with van der Waals surface area (Å²) in [6, 6.07) is 17.7. The quantitative estimate of drug-likeness (QED) is 0.203. The summed E-state index contributed by atoms with van der Waals surface area (Å²) in [6.45, 7) is 10.9. The maximum Gasteiger partial charge on any atom is 0.323 e. The van der Waals surface area contributed by atoms with Gasteiger partial charge in [0.15, 0.2) is 0 Å². The largest absolute Gasteiger partial charge is 0.493 e. The van der Waals surface area contributed by atoms with Gasteiger partial charge in [0.1, 0.15) is 17.6 Å². The van der Waals surface area contributed by atoms with Crippen molar-refractivity contribution in [1.29, 1.82) is 0 Å². The highest BCUT2D eigenvalue weighted by molar-refractivity contribution is 5.76. The number of benzene rings is 2. The van der Waals surface area contributed by atoms with E-state index in [2.05, 4.69) is 23.7 Å². The minimum absolute atomic E-state index is 0.132. The minimum Gasteiger partial charge on any atom is -0.493 e.